The molecule has 4 nitrogen and oxygen atoms in total. The highest BCUT2D eigenvalue weighted by atomic mass is 79.9. The van der Waals surface area contributed by atoms with E-state index < -0.39 is 5.91 Å². The molecule has 0 bridgehead atoms. The monoisotopic (exact) mass is 388 g/mol. The number of hydrogen-bond donors (Lipinski definition) is 2. The molecule has 0 aliphatic carbocycles. The molecule has 21 heavy (non-hydrogen) atoms. The van der Waals surface area contributed by atoms with E-state index in [1.165, 1.54) is 13.2 Å². The van der Waals surface area contributed by atoms with Gasteiger partial charge >= 0.3 is 0 Å². The minimum Gasteiger partial charge on any atom is -0.496 e. The predicted octanol–water partition coefficient (Wildman–Crippen LogP) is 4.60. The number of anilines is 2. The van der Waals surface area contributed by atoms with Gasteiger partial charge in [0.25, 0.3) is 5.91 Å². The number of benzene rings is 2. The summed E-state index contributed by atoms with van der Waals surface area (Å²) in [7, 11) is 1.47. The number of nitrogens with one attached hydrogen (secondary N) is 1. The molecule has 0 heterocycles. The standard InChI is InChI=1S/C14H11BrCl2N2O2/c1-21-12-3-2-8(18)6-9(12)14(20)19-13-10(16)4-7(15)5-11(13)17/h2-6H,18H2,1H3,(H,19,20). The van der Waals surface area contributed by atoms with E-state index in [0.717, 1.165) is 4.47 Å². The molecule has 2 aromatic carbocycles. The summed E-state index contributed by atoms with van der Waals surface area (Å²) >= 11 is 15.4. The van der Waals surface area contributed by atoms with Crippen LogP contribution in [0.25, 0.3) is 0 Å². The molecule has 0 radical (unpaired) electrons. The molecule has 0 spiro atoms. The highest BCUT2D eigenvalue weighted by Gasteiger charge is 2.16. The van der Waals surface area contributed by atoms with Gasteiger partial charge in [-0.1, -0.05) is 39.1 Å². The van der Waals surface area contributed by atoms with Crippen LogP contribution in [0.5, 0.6) is 5.75 Å². The first-order chi connectivity index (χ1) is 9.92. The third-order valence-electron chi connectivity index (χ3n) is 2.71. The molecule has 0 aliphatic rings. The Hall–Kier alpha value is -1.43. The molecule has 0 aromatic heterocycles. The van der Waals surface area contributed by atoms with Crippen LogP contribution in [-0.2, 0) is 0 Å². The molecule has 0 aliphatic heterocycles. The number of hydrogen-bond acceptors (Lipinski definition) is 3. The summed E-state index contributed by atoms with van der Waals surface area (Å²) in [5.74, 6) is -0.00340. The second-order valence-electron chi connectivity index (χ2n) is 4.16. The molecular weight excluding hydrogens is 379 g/mol. The van der Waals surface area contributed by atoms with Gasteiger partial charge in [0.2, 0.25) is 0 Å². The van der Waals surface area contributed by atoms with E-state index in [4.69, 9.17) is 33.7 Å². The van der Waals surface area contributed by atoms with Crippen LogP contribution in [0.1, 0.15) is 10.4 Å². The van der Waals surface area contributed by atoms with Gasteiger partial charge in [0.15, 0.2) is 0 Å². The molecule has 0 saturated carbocycles. The minimum atomic E-state index is -0.412. The van der Waals surface area contributed by atoms with Gasteiger partial charge in [0.05, 0.1) is 28.4 Å². The number of rotatable bonds is 3. The van der Waals surface area contributed by atoms with Crippen molar-refractivity contribution >= 4 is 56.4 Å². The number of methoxy groups -OCH3 is 1. The van der Waals surface area contributed by atoms with Crippen LogP contribution in [0.4, 0.5) is 11.4 Å². The first kappa shape index (κ1) is 15.9. The van der Waals surface area contributed by atoms with Gasteiger partial charge < -0.3 is 15.8 Å². The van der Waals surface area contributed by atoms with Crippen LogP contribution >= 0.6 is 39.1 Å². The molecule has 0 atom stereocenters. The van der Waals surface area contributed by atoms with E-state index in [1.54, 1.807) is 24.3 Å². The molecule has 0 fully saturated rings. The van der Waals surface area contributed by atoms with Crippen LogP contribution < -0.4 is 15.8 Å². The van der Waals surface area contributed by atoms with Gasteiger partial charge in [-0.3, -0.25) is 4.79 Å². The highest BCUT2D eigenvalue weighted by molar-refractivity contribution is 9.10. The first-order valence-electron chi connectivity index (χ1n) is 5.81. The fraction of sp³-hybridized carbons (Fsp3) is 0.0714. The number of halogens is 3. The van der Waals surface area contributed by atoms with Crippen molar-refractivity contribution in [1.82, 2.24) is 0 Å². The van der Waals surface area contributed by atoms with E-state index in [0.29, 0.717) is 32.7 Å². The average molecular weight is 390 g/mol. The number of amides is 1. The summed E-state index contributed by atoms with van der Waals surface area (Å²) in [6.45, 7) is 0. The molecule has 7 heteroatoms. The van der Waals surface area contributed by atoms with Crippen molar-refractivity contribution in [3.05, 3.63) is 50.4 Å². The minimum absolute atomic E-state index is 0.299. The molecule has 2 aromatic rings. The summed E-state index contributed by atoms with van der Waals surface area (Å²) in [4.78, 5) is 12.4. The van der Waals surface area contributed by atoms with Crippen molar-refractivity contribution in [2.45, 2.75) is 0 Å². The zero-order valence-electron chi connectivity index (χ0n) is 10.9. The van der Waals surface area contributed by atoms with Crippen molar-refractivity contribution in [2.75, 3.05) is 18.2 Å². The van der Waals surface area contributed by atoms with E-state index >= 15 is 0 Å². The summed E-state index contributed by atoms with van der Waals surface area (Å²) < 4.78 is 5.87. The SMILES string of the molecule is COc1ccc(N)cc1C(=O)Nc1c(Cl)cc(Br)cc1Cl. The van der Waals surface area contributed by atoms with Gasteiger partial charge in [0, 0.05) is 10.2 Å². The Morgan fingerprint density at radius 3 is 2.43 bits per heavy atom. The lowest BCUT2D eigenvalue weighted by Gasteiger charge is -2.12. The van der Waals surface area contributed by atoms with E-state index in [9.17, 15) is 4.79 Å². The van der Waals surface area contributed by atoms with Gasteiger partial charge in [-0.2, -0.15) is 0 Å². The Morgan fingerprint density at radius 2 is 1.86 bits per heavy atom. The Kier molecular flexibility index (Phi) is 4.98. The van der Waals surface area contributed by atoms with Gasteiger partial charge in [0.1, 0.15) is 5.75 Å². The fourth-order valence-electron chi connectivity index (χ4n) is 1.75. The third-order valence-corrected chi connectivity index (χ3v) is 3.77. The number of carbonyl (C=O) groups excluding carboxylic acids is 1. The molecular formula is C14H11BrCl2N2O2. The van der Waals surface area contributed by atoms with Crippen molar-refractivity contribution in [2.24, 2.45) is 0 Å². The molecule has 1 amide bonds. The number of nitrogens with two attached hydrogens (primary N) is 1. The summed E-state index contributed by atoms with van der Waals surface area (Å²) in [5.41, 5.74) is 6.78. The van der Waals surface area contributed by atoms with E-state index in [2.05, 4.69) is 21.2 Å². The van der Waals surface area contributed by atoms with E-state index in [-0.39, 0.29) is 0 Å². The number of ether oxygens (including phenoxy) is 1. The van der Waals surface area contributed by atoms with Crippen molar-refractivity contribution in [3.63, 3.8) is 0 Å². The van der Waals surface area contributed by atoms with E-state index in [1.807, 2.05) is 0 Å². The second-order valence-corrected chi connectivity index (χ2v) is 5.89. The largest absolute Gasteiger partial charge is 0.496 e. The average Bonchev–Trinajstić information content (AvgIpc) is 2.42. The Labute approximate surface area is 140 Å². The normalized spacial score (nSPS) is 10.3. The molecule has 2 rings (SSSR count). The van der Waals surface area contributed by atoms with Crippen LogP contribution in [0.3, 0.4) is 0 Å². The Balaban J connectivity index is 2.37. The first-order valence-corrected chi connectivity index (χ1v) is 7.36. The maximum atomic E-state index is 12.4. The number of nitrogen functional groups attached to an aromatic ring is 1. The van der Waals surface area contributed by atoms with Crippen molar-refractivity contribution in [3.8, 4) is 5.75 Å². The van der Waals surface area contributed by atoms with Gasteiger partial charge in [-0.25, -0.2) is 0 Å². The predicted molar refractivity (Wildman–Crippen MR) is 89.5 cm³/mol. The highest BCUT2D eigenvalue weighted by Crippen LogP contribution is 2.34. The fourth-order valence-corrected chi connectivity index (χ4v) is 3.05. The Bertz CT molecular complexity index is 684. The van der Waals surface area contributed by atoms with Crippen LogP contribution in [0.15, 0.2) is 34.8 Å². The third kappa shape index (κ3) is 3.61. The summed E-state index contributed by atoms with van der Waals surface area (Å²) in [6, 6.07) is 8.07. The molecule has 0 unspecified atom stereocenters. The topological polar surface area (TPSA) is 64.3 Å². The lowest BCUT2D eigenvalue weighted by atomic mass is 10.1. The summed E-state index contributed by atoms with van der Waals surface area (Å²) in [6.07, 6.45) is 0. The molecule has 3 N–H and O–H groups in total. The zero-order valence-corrected chi connectivity index (χ0v) is 14.0. The Morgan fingerprint density at radius 1 is 1.24 bits per heavy atom. The lowest BCUT2D eigenvalue weighted by Crippen LogP contribution is -2.14. The second kappa shape index (κ2) is 6.56. The zero-order chi connectivity index (χ0) is 15.6. The van der Waals surface area contributed by atoms with Gasteiger partial charge in [-0.15, -0.1) is 0 Å². The van der Waals surface area contributed by atoms with Gasteiger partial charge in [-0.05, 0) is 30.3 Å². The van der Waals surface area contributed by atoms with Crippen molar-refractivity contribution < 1.29 is 9.53 Å². The maximum Gasteiger partial charge on any atom is 0.259 e. The molecule has 0 saturated heterocycles. The quantitative estimate of drug-likeness (QED) is 0.754. The summed E-state index contributed by atoms with van der Waals surface area (Å²) in [5, 5.41) is 3.31. The number of carbonyl (C=O) groups is 1. The maximum absolute atomic E-state index is 12.4. The van der Waals surface area contributed by atoms with Crippen LogP contribution in [0, 0.1) is 0 Å². The lowest BCUT2D eigenvalue weighted by molar-refractivity contribution is 0.102. The van der Waals surface area contributed by atoms with Crippen LogP contribution in [0.2, 0.25) is 10.0 Å². The molecule has 110 valence electrons. The van der Waals surface area contributed by atoms with Crippen molar-refractivity contribution in [1.29, 1.82) is 0 Å². The smallest absolute Gasteiger partial charge is 0.259 e. The van der Waals surface area contributed by atoms with Crippen LogP contribution in [-0.4, -0.2) is 13.0 Å².